The number of phenols is 2. The molecule has 0 spiro atoms. The molecule has 0 bridgehead atoms. The number of hydrogen-bond donors (Lipinski definition) is 2. The van der Waals surface area contributed by atoms with E-state index in [0.717, 1.165) is 34.4 Å². The molecule has 0 amide bonds. The van der Waals surface area contributed by atoms with Crippen molar-refractivity contribution in [1.82, 2.24) is 0 Å². The fraction of sp³-hybridized carbons (Fsp3) is 0.0500. The van der Waals surface area contributed by atoms with Gasteiger partial charge in [0.2, 0.25) is 0 Å². The van der Waals surface area contributed by atoms with Crippen molar-refractivity contribution < 1.29 is 36.4 Å². The topological polar surface area (TPSA) is 40.5 Å². The SMILES string of the molecule is Oc1ccc2ccccc2c1-c1c(O)ccc2ccccc12.[CH]1[CH][C](CC[C]2[CH][CH][C]3C=CC=C[C]32)[C]2C=CC=C[C]12.[Zr+2]. The van der Waals surface area contributed by atoms with Crippen molar-refractivity contribution in [2.45, 2.75) is 12.8 Å². The van der Waals surface area contributed by atoms with Crippen LogP contribution in [0.15, 0.2) is 121 Å². The normalized spacial score (nSPS) is 19.0. The number of benzene rings is 4. The van der Waals surface area contributed by atoms with E-state index in [9.17, 15) is 10.2 Å². The van der Waals surface area contributed by atoms with Crippen LogP contribution in [0.1, 0.15) is 12.8 Å². The number of rotatable bonds is 4. The summed E-state index contributed by atoms with van der Waals surface area (Å²) < 4.78 is 0. The predicted octanol–water partition coefficient (Wildman–Crippen LogP) is 9.38. The Bertz CT molecular complexity index is 1590. The van der Waals surface area contributed by atoms with Gasteiger partial charge in [0.05, 0.1) is 0 Å². The average molecular weight is 634 g/mol. The molecular weight excluding hydrogens is 604 g/mol. The minimum atomic E-state index is 0. The predicted molar refractivity (Wildman–Crippen MR) is 173 cm³/mol. The minimum Gasteiger partial charge on any atom is -0.507 e. The summed E-state index contributed by atoms with van der Waals surface area (Å²) in [6.07, 6.45) is 28.5. The van der Waals surface area contributed by atoms with Gasteiger partial charge in [-0.05, 0) is 84.0 Å². The van der Waals surface area contributed by atoms with Gasteiger partial charge in [-0.1, -0.05) is 109 Å². The van der Waals surface area contributed by atoms with E-state index in [2.05, 4.69) is 74.3 Å². The summed E-state index contributed by atoms with van der Waals surface area (Å²) in [5.74, 6) is 8.80. The molecule has 10 radical (unpaired) electrons. The van der Waals surface area contributed by atoms with Gasteiger partial charge >= 0.3 is 26.2 Å². The molecule has 0 aliphatic heterocycles. The zero-order chi connectivity index (χ0) is 28.5. The summed E-state index contributed by atoms with van der Waals surface area (Å²) in [6, 6.07) is 22.9. The third kappa shape index (κ3) is 5.99. The molecule has 0 unspecified atom stereocenters. The van der Waals surface area contributed by atoms with E-state index in [0.29, 0.717) is 11.1 Å². The van der Waals surface area contributed by atoms with Crippen molar-refractivity contribution in [1.29, 1.82) is 0 Å². The van der Waals surface area contributed by atoms with E-state index >= 15 is 0 Å². The van der Waals surface area contributed by atoms with Crippen molar-refractivity contribution in [3.05, 3.63) is 183 Å². The molecule has 204 valence electrons. The van der Waals surface area contributed by atoms with Gasteiger partial charge in [0.25, 0.3) is 0 Å². The van der Waals surface area contributed by atoms with E-state index in [1.807, 2.05) is 60.7 Å². The number of fused-ring (bicyclic) bond motifs is 4. The number of phenolic OH excluding ortho intramolecular Hbond substituents is 2. The number of allylic oxidation sites excluding steroid dienone is 8. The van der Waals surface area contributed by atoms with Crippen LogP contribution in [-0.2, 0) is 26.2 Å². The number of aromatic hydroxyl groups is 2. The van der Waals surface area contributed by atoms with Gasteiger partial charge in [-0.2, -0.15) is 0 Å². The van der Waals surface area contributed by atoms with Gasteiger partial charge in [0, 0.05) is 34.8 Å². The Morgan fingerprint density at radius 2 is 0.860 bits per heavy atom. The van der Waals surface area contributed by atoms with Crippen LogP contribution in [-0.4, -0.2) is 10.2 Å². The zero-order valence-corrected chi connectivity index (χ0v) is 26.1. The van der Waals surface area contributed by atoms with Crippen LogP contribution in [0.25, 0.3) is 32.7 Å². The molecule has 4 aromatic rings. The Morgan fingerprint density at radius 1 is 0.442 bits per heavy atom. The van der Waals surface area contributed by atoms with Gasteiger partial charge in [-0.15, -0.1) is 0 Å². The van der Waals surface area contributed by atoms with E-state index in [1.165, 1.54) is 35.5 Å². The van der Waals surface area contributed by atoms with Gasteiger partial charge < -0.3 is 10.2 Å². The van der Waals surface area contributed by atoms with E-state index < -0.39 is 0 Å². The third-order valence-electron chi connectivity index (χ3n) is 8.27. The first-order valence-corrected chi connectivity index (χ1v) is 14.4. The second-order valence-electron chi connectivity index (χ2n) is 10.8. The van der Waals surface area contributed by atoms with E-state index in [4.69, 9.17) is 0 Å². The first-order chi connectivity index (χ1) is 20.7. The maximum Gasteiger partial charge on any atom is 2.00 e. The summed E-state index contributed by atoms with van der Waals surface area (Å²) in [7, 11) is 0. The molecule has 3 heteroatoms. The van der Waals surface area contributed by atoms with Crippen LogP contribution >= 0.6 is 0 Å². The van der Waals surface area contributed by atoms with Crippen LogP contribution in [0.4, 0.5) is 0 Å². The van der Waals surface area contributed by atoms with Gasteiger partial charge in [0.15, 0.2) is 0 Å². The smallest absolute Gasteiger partial charge is 0.507 e. The van der Waals surface area contributed by atoms with Crippen molar-refractivity contribution in [3.63, 3.8) is 0 Å². The third-order valence-corrected chi connectivity index (χ3v) is 8.27. The Balaban J connectivity index is 0.000000150. The first kappa shape index (κ1) is 29.9. The largest absolute Gasteiger partial charge is 2.00 e. The maximum absolute atomic E-state index is 10.4. The van der Waals surface area contributed by atoms with Crippen molar-refractivity contribution in [2.75, 3.05) is 0 Å². The minimum absolute atomic E-state index is 0. The summed E-state index contributed by atoms with van der Waals surface area (Å²) in [6.45, 7) is 0. The summed E-state index contributed by atoms with van der Waals surface area (Å²) in [4.78, 5) is 0. The quantitative estimate of drug-likeness (QED) is 0.235. The van der Waals surface area contributed by atoms with Crippen LogP contribution < -0.4 is 0 Å². The van der Waals surface area contributed by atoms with E-state index in [1.54, 1.807) is 12.1 Å². The van der Waals surface area contributed by atoms with Crippen LogP contribution in [0, 0.1) is 61.2 Å². The van der Waals surface area contributed by atoms with Crippen LogP contribution in [0.2, 0.25) is 0 Å². The fourth-order valence-corrected chi connectivity index (χ4v) is 6.18. The molecule has 2 saturated carbocycles. The standard InChI is InChI=1S/C20H14O2.C20H16.Zr/c21-17-11-9-13-5-1-3-7-15(13)19(17)20-16-8-4-2-6-14(16)10-12-18(20)22;1-3-7-19-15(5-1)9-11-17(19)13-14-18-12-10-16-6-2-4-8-20(16)18;/h1-12,21-22H;1-12H,13-14H2;/q;;+2. The Kier molecular flexibility index (Phi) is 9.20. The van der Waals surface area contributed by atoms with Gasteiger partial charge in [0.1, 0.15) is 11.5 Å². The Hall–Kier alpha value is -3.16. The average Bonchev–Trinajstić information content (AvgIpc) is 3.65. The molecule has 0 aromatic heterocycles. The molecule has 4 aliphatic rings. The van der Waals surface area contributed by atoms with E-state index in [-0.39, 0.29) is 37.7 Å². The molecule has 2 N–H and O–H groups in total. The molecule has 0 saturated heterocycles. The maximum atomic E-state index is 10.4. The Labute approximate surface area is 274 Å². The monoisotopic (exact) mass is 632 g/mol. The Morgan fingerprint density at radius 3 is 1.33 bits per heavy atom. The summed E-state index contributed by atoms with van der Waals surface area (Å²) >= 11 is 0. The number of hydrogen-bond acceptors (Lipinski definition) is 2. The first-order valence-electron chi connectivity index (χ1n) is 14.4. The van der Waals surface area contributed by atoms with Gasteiger partial charge in [-0.25, -0.2) is 0 Å². The zero-order valence-electron chi connectivity index (χ0n) is 23.7. The van der Waals surface area contributed by atoms with Crippen molar-refractivity contribution in [3.8, 4) is 22.6 Å². The molecule has 2 nitrogen and oxygen atoms in total. The fourth-order valence-electron chi connectivity index (χ4n) is 6.18. The molecule has 0 heterocycles. The molecule has 0 atom stereocenters. The molecule has 4 aliphatic carbocycles. The van der Waals surface area contributed by atoms with Crippen LogP contribution in [0.5, 0.6) is 11.5 Å². The van der Waals surface area contributed by atoms with Crippen molar-refractivity contribution >= 4 is 21.5 Å². The molecule has 8 rings (SSSR count). The molecule has 43 heavy (non-hydrogen) atoms. The molecular formula is C40H30O2Zr+2. The van der Waals surface area contributed by atoms with Crippen LogP contribution in [0.3, 0.4) is 0 Å². The second-order valence-corrected chi connectivity index (χ2v) is 10.8. The molecule has 4 aromatic carbocycles. The molecule has 2 fully saturated rings. The second kappa shape index (κ2) is 13.2. The summed E-state index contributed by atoms with van der Waals surface area (Å²) in [5, 5.41) is 24.8. The van der Waals surface area contributed by atoms with Crippen molar-refractivity contribution in [2.24, 2.45) is 0 Å². The van der Waals surface area contributed by atoms with Gasteiger partial charge in [-0.3, -0.25) is 0 Å². The summed E-state index contributed by atoms with van der Waals surface area (Å²) in [5.41, 5.74) is 1.35.